The van der Waals surface area contributed by atoms with E-state index in [4.69, 9.17) is 16.0 Å². The number of benzene rings is 2. The lowest BCUT2D eigenvalue weighted by molar-refractivity contribution is 0.248. The summed E-state index contributed by atoms with van der Waals surface area (Å²) in [5.74, 6) is 0.669. The molecule has 0 unspecified atom stereocenters. The number of nitrogens with one attached hydrogen (secondary N) is 2. The Morgan fingerprint density at radius 2 is 1.70 bits per heavy atom. The summed E-state index contributed by atoms with van der Waals surface area (Å²) in [6.07, 6.45) is 1.59. The average molecular weight is 327 g/mol. The molecule has 23 heavy (non-hydrogen) atoms. The van der Waals surface area contributed by atoms with Gasteiger partial charge in [-0.1, -0.05) is 41.9 Å². The Morgan fingerprint density at radius 3 is 2.35 bits per heavy atom. The zero-order valence-corrected chi connectivity index (χ0v) is 13.0. The van der Waals surface area contributed by atoms with Gasteiger partial charge in [-0.2, -0.15) is 0 Å². The zero-order chi connectivity index (χ0) is 16.1. The second-order valence-corrected chi connectivity index (χ2v) is 5.40. The summed E-state index contributed by atoms with van der Waals surface area (Å²) in [7, 11) is 0. The Hall–Kier alpha value is -2.72. The fraction of sp³-hybridized carbons (Fsp3) is 0.0556. The van der Waals surface area contributed by atoms with Gasteiger partial charge in [0.05, 0.1) is 6.26 Å². The summed E-state index contributed by atoms with van der Waals surface area (Å²) >= 11 is 5.84. The topological polar surface area (TPSA) is 54.3 Å². The molecule has 0 spiro atoms. The summed E-state index contributed by atoms with van der Waals surface area (Å²) in [6.45, 7) is 0. The Bertz CT molecular complexity index is 755. The molecular formula is C18H15ClN2O2. The molecule has 2 N–H and O–H groups in total. The predicted molar refractivity (Wildman–Crippen MR) is 90.6 cm³/mol. The first kappa shape index (κ1) is 15.2. The first-order valence-corrected chi connectivity index (χ1v) is 7.51. The lowest BCUT2D eigenvalue weighted by Crippen LogP contribution is -2.33. The fourth-order valence-electron chi connectivity index (χ4n) is 2.25. The van der Waals surface area contributed by atoms with E-state index in [0.717, 1.165) is 5.56 Å². The molecule has 2 amide bonds. The molecule has 0 bridgehead atoms. The largest absolute Gasteiger partial charge is 0.467 e. The molecule has 4 nitrogen and oxygen atoms in total. The highest BCUT2D eigenvalue weighted by Crippen LogP contribution is 2.22. The van der Waals surface area contributed by atoms with Crippen molar-refractivity contribution in [2.45, 2.75) is 6.04 Å². The van der Waals surface area contributed by atoms with Crippen LogP contribution in [-0.2, 0) is 0 Å². The normalized spacial score (nSPS) is 11.7. The third-order valence-electron chi connectivity index (χ3n) is 3.34. The highest BCUT2D eigenvalue weighted by atomic mass is 35.5. The molecule has 1 aromatic heterocycles. The fourth-order valence-corrected chi connectivity index (χ4v) is 2.38. The number of halogens is 1. The number of carbonyl (C=O) groups is 1. The van der Waals surface area contributed by atoms with E-state index in [9.17, 15) is 4.79 Å². The van der Waals surface area contributed by atoms with Crippen LogP contribution in [0.25, 0.3) is 0 Å². The first-order valence-electron chi connectivity index (χ1n) is 7.14. The second kappa shape index (κ2) is 7.03. The third kappa shape index (κ3) is 3.93. The van der Waals surface area contributed by atoms with Crippen LogP contribution in [0.15, 0.2) is 77.4 Å². The minimum atomic E-state index is -0.362. The number of furan rings is 1. The van der Waals surface area contributed by atoms with Crippen molar-refractivity contribution in [3.05, 3.63) is 89.3 Å². The maximum atomic E-state index is 12.3. The van der Waals surface area contributed by atoms with Crippen molar-refractivity contribution in [1.29, 1.82) is 0 Å². The number of rotatable bonds is 4. The van der Waals surface area contributed by atoms with Gasteiger partial charge in [-0.25, -0.2) is 4.79 Å². The maximum Gasteiger partial charge on any atom is 0.320 e. The molecule has 0 fully saturated rings. The van der Waals surface area contributed by atoms with Gasteiger partial charge in [0.1, 0.15) is 11.8 Å². The van der Waals surface area contributed by atoms with Crippen molar-refractivity contribution in [3.8, 4) is 0 Å². The highest BCUT2D eigenvalue weighted by molar-refractivity contribution is 6.30. The van der Waals surface area contributed by atoms with E-state index >= 15 is 0 Å². The molecule has 0 radical (unpaired) electrons. The van der Waals surface area contributed by atoms with Crippen molar-refractivity contribution in [3.63, 3.8) is 0 Å². The number of hydrogen-bond donors (Lipinski definition) is 2. The predicted octanol–water partition coefficient (Wildman–Crippen LogP) is 4.84. The Kier molecular flexibility index (Phi) is 4.64. The lowest BCUT2D eigenvalue weighted by Gasteiger charge is -2.17. The molecular weight excluding hydrogens is 312 g/mol. The van der Waals surface area contributed by atoms with Crippen molar-refractivity contribution < 1.29 is 9.21 Å². The number of hydrogen-bond acceptors (Lipinski definition) is 2. The summed E-state index contributed by atoms with van der Waals surface area (Å²) in [4.78, 5) is 12.3. The van der Waals surface area contributed by atoms with Gasteiger partial charge in [-0.3, -0.25) is 0 Å². The van der Waals surface area contributed by atoms with Gasteiger partial charge in [0.2, 0.25) is 0 Å². The lowest BCUT2D eigenvalue weighted by atomic mass is 10.1. The second-order valence-electron chi connectivity index (χ2n) is 4.96. The van der Waals surface area contributed by atoms with Gasteiger partial charge < -0.3 is 15.1 Å². The van der Waals surface area contributed by atoms with E-state index in [1.807, 2.05) is 36.4 Å². The number of carbonyl (C=O) groups excluding carboxylic acids is 1. The summed E-state index contributed by atoms with van der Waals surface area (Å²) in [5, 5.41) is 6.32. The van der Waals surface area contributed by atoms with Crippen molar-refractivity contribution >= 4 is 23.3 Å². The Balaban J connectivity index is 1.76. The maximum absolute atomic E-state index is 12.3. The zero-order valence-electron chi connectivity index (χ0n) is 12.2. The van der Waals surface area contributed by atoms with Gasteiger partial charge in [0.25, 0.3) is 0 Å². The summed E-state index contributed by atoms with van der Waals surface area (Å²) < 4.78 is 5.46. The molecule has 5 heteroatoms. The third-order valence-corrected chi connectivity index (χ3v) is 3.59. The minimum absolute atomic E-state index is 0.322. The molecule has 0 saturated heterocycles. The molecule has 116 valence electrons. The van der Waals surface area contributed by atoms with Crippen LogP contribution in [0, 0.1) is 0 Å². The van der Waals surface area contributed by atoms with Crippen molar-refractivity contribution in [1.82, 2.24) is 5.32 Å². The van der Waals surface area contributed by atoms with Crippen LogP contribution in [0.5, 0.6) is 0 Å². The molecule has 0 aliphatic heterocycles. The van der Waals surface area contributed by atoms with Crippen molar-refractivity contribution in [2.75, 3.05) is 5.32 Å². The van der Waals surface area contributed by atoms with Crippen molar-refractivity contribution in [2.24, 2.45) is 0 Å². The molecule has 3 rings (SSSR count). The van der Waals surface area contributed by atoms with Crippen LogP contribution < -0.4 is 10.6 Å². The van der Waals surface area contributed by atoms with Crippen LogP contribution in [0.4, 0.5) is 10.5 Å². The SMILES string of the molecule is O=C(Nc1ccc(Cl)cc1)N[C@H](c1ccccc1)c1ccco1. The quantitative estimate of drug-likeness (QED) is 0.720. The number of amides is 2. The molecule has 0 aliphatic rings. The molecule has 2 aromatic carbocycles. The standard InChI is InChI=1S/C18H15ClN2O2/c19-14-8-10-15(11-9-14)20-18(22)21-17(16-7-4-12-23-16)13-5-2-1-3-6-13/h1-12,17H,(H2,20,21,22)/t17-/m1/s1. The number of anilines is 1. The Morgan fingerprint density at radius 1 is 0.957 bits per heavy atom. The van der Waals surface area contributed by atoms with E-state index in [1.54, 1.807) is 36.6 Å². The van der Waals surface area contributed by atoms with Crippen LogP contribution in [0.1, 0.15) is 17.4 Å². The molecule has 3 aromatic rings. The van der Waals surface area contributed by atoms with E-state index in [2.05, 4.69) is 10.6 Å². The van der Waals surface area contributed by atoms with E-state index in [1.165, 1.54) is 0 Å². The van der Waals surface area contributed by atoms with Crippen LogP contribution in [-0.4, -0.2) is 6.03 Å². The molecule has 0 aliphatic carbocycles. The summed E-state index contributed by atoms with van der Waals surface area (Å²) in [6, 6.07) is 19.5. The average Bonchev–Trinajstić information content (AvgIpc) is 3.10. The van der Waals surface area contributed by atoms with Gasteiger partial charge in [0.15, 0.2) is 0 Å². The molecule has 1 heterocycles. The van der Waals surface area contributed by atoms with Gasteiger partial charge in [-0.15, -0.1) is 0 Å². The number of urea groups is 1. The van der Waals surface area contributed by atoms with Gasteiger partial charge in [0, 0.05) is 10.7 Å². The van der Waals surface area contributed by atoms with Crippen LogP contribution >= 0.6 is 11.6 Å². The Labute approximate surface area is 139 Å². The van der Waals surface area contributed by atoms with Crippen LogP contribution in [0.3, 0.4) is 0 Å². The van der Waals surface area contributed by atoms with E-state index < -0.39 is 0 Å². The van der Waals surface area contributed by atoms with Crippen LogP contribution in [0.2, 0.25) is 5.02 Å². The smallest absolute Gasteiger partial charge is 0.320 e. The monoisotopic (exact) mass is 326 g/mol. The van der Waals surface area contributed by atoms with E-state index in [0.29, 0.717) is 16.5 Å². The first-order chi connectivity index (χ1) is 11.2. The minimum Gasteiger partial charge on any atom is -0.467 e. The van der Waals surface area contributed by atoms with Gasteiger partial charge in [-0.05, 0) is 42.0 Å². The van der Waals surface area contributed by atoms with Gasteiger partial charge >= 0.3 is 6.03 Å². The highest BCUT2D eigenvalue weighted by Gasteiger charge is 2.19. The van der Waals surface area contributed by atoms with E-state index in [-0.39, 0.29) is 12.1 Å². The molecule has 0 saturated carbocycles. The molecule has 1 atom stereocenters. The summed E-state index contributed by atoms with van der Waals surface area (Å²) in [5.41, 5.74) is 1.60.